The zero-order chi connectivity index (χ0) is 18.4. The van der Waals surface area contributed by atoms with Gasteiger partial charge in [0.25, 0.3) is 5.56 Å². The zero-order valence-corrected chi connectivity index (χ0v) is 15.7. The van der Waals surface area contributed by atoms with Gasteiger partial charge in [0.05, 0.1) is 5.41 Å². The molecule has 1 aliphatic carbocycles. The van der Waals surface area contributed by atoms with Crippen molar-refractivity contribution in [2.24, 2.45) is 5.41 Å². The van der Waals surface area contributed by atoms with Crippen molar-refractivity contribution in [2.45, 2.75) is 32.9 Å². The van der Waals surface area contributed by atoms with E-state index < -0.39 is 23.5 Å². The number of hydrogen-bond donors (Lipinski definition) is 0. The van der Waals surface area contributed by atoms with Gasteiger partial charge in [0.1, 0.15) is 12.1 Å². The third-order valence-corrected chi connectivity index (χ3v) is 5.10. The van der Waals surface area contributed by atoms with Crippen molar-refractivity contribution in [1.82, 2.24) is 4.57 Å². The number of aromatic nitrogens is 1. The van der Waals surface area contributed by atoms with E-state index in [-0.39, 0.29) is 11.3 Å². The number of Topliss-reactive ketones (excluding diaryl/α,β-unsaturated/α-hetero) is 1. The first-order chi connectivity index (χ1) is 11.7. The third-order valence-electron chi connectivity index (χ3n) is 4.60. The minimum absolute atomic E-state index is 0.110. The Balaban J connectivity index is 2.33. The van der Waals surface area contributed by atoms with Gasteiger partial charge in [-0.15, -0.1) is 0 Å². The maximum atomic E-state index is 13.0. The molecule has 5 nitrogen and oxygen atoms in total. The van der Waals surface area contributed by atoms with Crippen molar-refractivity contribution in [2.75, 3.05) is 0 Å². The number of pyridine rings is 1. The average Bonchev–Trinajstić information content (AvgIpc) is 2.54. The van der Waals surface area contributed by atoms with E-state index in [9.17, 15) is 14.4 Å². The second-order valence-electron chi connectivity index (χ2n) is 6.70. The van der Waals surface area contributed by atoms with Crippen LogP contribution in [0.1, 0.15) is 42.7 Å². The van der Waals surface area contributed by atoms with Gasteiger partial charge in [-0.25, -0.2) is 0 Å². The van der Waals surface area contributed by atoms with Crippen LogP contribution in [0.4, 0.5) is 0 Å². The number of halogens is 1. The quantitative estimate of drug-likeness (QED) is 0.721. The summed E-state index contributed by atoms with van der Waals surface area (Å²) in [7, 11) is 0. The number of esters is 1. The first-order valence-electron chi connectivity index (χ1n) is 7.92. The van der Waals surface area contributed by atoms with E-state index in [2.05, 4.69) is 15.9 Å². The molecule has 6 heteroatoms. The summed E-state index contributed by atoms with van der Waals surface area (Å²) in [5.41, 5.74) is 0.0169. The van der Waals surface area contributed by atoms with Gasteiger partial charge in [-0.3, -0.25) is 14.4 Å². The van der Waals surface area contributed by atoms with Gasteiger partial charge >= 0.3 is 5.97 Å². The van der Waals surface area contributed by atoms with Crippen LogP contribution in [0.25, 0.3) is 0 Å². The molecule has 1 aromatic heterocycles. The van der Waals surface area contributed by atoms with Crippen molar-refractivity contribution in [3.8, 4) is 0 Å². The summed E-state index contributed by atoms with van der Waals surface area (Å²) in [5, 5.41) is 0. The lowest BCUT2D eigenvalue weighted by Crippen LogP contribution is -2.51. The number of carbonyl (C=O) groups excluding carboxylic acids is 2. The monoisotopic (exact) mass is 403 g/mol. The molecule has 0 aliphatic heterocycles. The van der Waals surface area contributed by atoms with Gasteiger partial charge in [0, 0.05) is 29.2 Å². The highest BCUT2D eigenvalue weighted by Crippen LogP contribution is 2.45. The zero-order valence-electron chi connectivity index (χ0n) is 14.2. The molecule has 1 aliphatic rings. The minimum Gasteiger partial charge on any atom is -0.459 e. The van der Waals surface area contributed by atoms with E-state index in [0.29, 0.717) is 11.1 Å². The van der Waals surface area contributed by atoms with Gasteiger partial charge < -0.3 is 9.30 Å². The molecule has 130 valence electrons. The average molecular weight is 404 g/mol. The molecule has 0 saturated heterocycles. The molecule has 2 atom stereocenters. The van der Waals surface area contributed by atoms with Gasteiger partial charge in [0.15, 0.2) is 5.78 Å². The molecule has 1 heterocycles. The number of ether oxygens (including phenoxy) is 1. The first kappa shape index (κ1) is 17.6. The Kier molecular flexibility index (Phi) is 4.41. The topological polar surface area (TPSA) is 65.4 Å². The number of rotatable bonds is 2. The van der Waals surface area contributed by atoms with E-state index in [1.807, 2.05) is 6.07 Å². The molecule has 0 amide bonds. The predicted octanol–water partition coefficient (Wildman–Crippen LogP) is 3.35. The summed E-state index contributed by atoms with van der Waals surface area (Å²) in [6.45, 7) is 4.80. The van der Waals surface area contributed by atoms with Gasteiger partial charge in [0.2, 0.25) is 0 Å². The summed E-state index contributed by atoms with van der Waals surface area (Å²) in [5.74, 6) is -0.597. The van der Waals surface area contributed by atoms with E-state index in [1.165, 1.54) is 17.6 Å². The van der Waals surface area contributed by atoms with Crippen LogP contribution < -0.4 is 5.56 Å². The van der Waals surface area contributed by atoms with E-state index in [4.69, 9.17) is 4.74 Å². The molecular formula is C19H18BrNO4. The lowest BCUT2D eigenvalue weighted by atomic mass is 9.68. The van der Waals surface area contributed by atoms with Crippen molar-refractivity contribution >= 4 is 27.7 Å². The van der Waals surface area contributed by atoms with E-state index >= 15 is 0 Å². The molecule has 0 bridgehead atoms. The van der Waals surface area contributed by atoms with Crippen molar-refractivity contribution in [3.05, 3.63) is 68.5 Å². The number of carbonyl (C=O) groups is 2. The van der Waals surface area contributed by atoms with Crippen LogP contribution in [0.15, 0.2) is 51.9 Å². The highest BCUT2D eigenvalue weighted by Gasteiger charge is 2.50. The smallest absolute Gasteiger partial charge is 0.303 e. The number of fused-ring (bicyclic) bond motifs is 1. The van der Waals surface area contributed by atoms with Crippen molar-refractivity contribution in [1.29, 1.82) is 0 Å². The Morgan fingerprint density at radius 2 is 1.92 bits per heavy atom. The molecular weight excluding hydrogens is 386 g/mol. The summed E-state index contributed by atoms with van der Waals surface area (Å²) in [4.78, 5) is 37.2. The molecule has 0 unspecified atom stereocenters. The van der Waals surface area contributed by atoms with Crippen molar-refractivity contribution in [3.63, 3.8) is 0 Å². The molecule has 1 aromatic carbocycles. The van der Waals surface area contributed by atoms with Crippen molar-refractivity contribution < 1.29 is 14.3 Å². The number of hydrogen-bond acceptors (Lipinski definition) is 4. The first-order valence-corrected chi connectivity index (χ1v) is 8.71. The summed E-state index contributed by atoms with van der Waals surface area (Å²) < 4.78 is 7.87. The maximum absolute atomic E-state index is 13.0. The fraction of sp³-hybridized carbons (Fsp3) is 0.316. The Morgan fingerprint density at radius 1 is 1.20 bits per heavy atom. The summed E-state index contributed by atoms with van der Waals surface area (Å²) in [6.07, 6.45) is 0.861. The highest BCUT2D eigenvalue weighted by atomic mass is 79.9. The van der Waals surface area contributed by atoms with Crippen LogP contribution in [0.5, 0.6) is 0 Å². The molecule has 0 radical (unpaired) electrons. The minimum atomic E-state index is -0.966. The molecule has 2 aromatic rings. The van der Waals surface area contributed by atoms with Crippen LogP contribution >= 0.6 is 15.9 Å². The van der Waals surface area contributed by atoms with Crippen LogP contribution in [0.3, 0.4) is 0 Å². The summed E-state index contributed by atoms with van der Waals surface area (Å²) >= 11 is 3.42. The Morgan fingerprint density at radius 3 is 2.56 bits per heavy atom. The molecule has 0 spiro atoms. The van der Waals surface area contributed by atoms with Crippen LogP contribution in [-0.2, 0) is 9.53 Å². The molecule has 0 saturated carbocycles. The Labute approximate surface area is 153 Å². The highest BCUT2D eigenvalue weighted by molar-refractivity contribution is 9.10. The van der Waals surface area contributed by atoms with E-state index in [1.54, 1.807) is 44.3 Å². The maximum Gasteiger partial charge on any atom is 0.303 e. The number of benzene rings is 1. The molecule has 0 fully saturated rings. The lowest BCUT2D eigenvalue weighted by molar-refractivity contribution is -0.153. The van der Waals surface area contributed by atoms with E-state index in [0.717, 1.165) is 4.47 Å². The Hall–Kier alpha value is -2.21. The van der Waals surface area contributed by atoms with Crippen LogP contribution in [0, 0.1) is 5.41 Å². The fourth-order valence-corrected chi connectivity index (χ4v) is 3.75. The standard InChI is InChI=1S/C19H18BrNO4/c1-11(22)25-18-16(21-9-5-4-6-15(21)23)14-10-12(20)7-8-13(14)17(24)19(18,2)3/h4-10,16,18H,1-3H3/t16-,18+/m0/s1. The Bertz CT molecular complexity index is 916. The van der Waals surface area contributed by atoms with Gasteiger partial charge in [-0.2, -0.15) is 0 Å². The third kappa shape index (κ3) is 2.95. The second-order valence-corrected chi connectivity index (χ2v) is 7.62. The largest absolute Gasteiger partial charge is 0.459 e. The number of ketones is 1. The van der Waals surface area contributed by atoms with Gasteiger partial charge in [-0.05, 0) is 43.7 Å². The normalized spacial score (nSPS) is 21.5. The molecule has 25 heavy (non-hydrogen) atoms. The predicted molar refractivity (Wildman–Crippen MR) is 96.6 cm³/mol. The molecule has 0 N–H and O–H groups in total. The SMILES string of the molecule is CC(=O)O[C@@H]1[C@@H](n2ccccc2=O)c2cc(Br)ccc2C(=O)C1(C)C. The van der Waals surface area contributed by atoms with Gasteiger partial charge in [-0.1, -0.05) is 22.0 Å². The summed E-state index contributed by atoms with van der Waals surface area (Å²) in [6, 6.07) is 9.61. The number of nitrogens with zero attached hydrogens (tertiary/aromatic N) is 1. The molecule has 3 rings (SSSR count). The van der Waals surface area contributed by atoms with Crippen LogP contribution in [-0.4, -0.2) is 22.4 Å². The lowest BCUT2D eigenvalue weighted by Gasteiger charge is -2.43. The second kappa shape index (κ2) is 6.26. The van der Waals surface area contributed by atoms with Crippen LogP contribution in [0.2, 0.25) is 0 Å². The fourth-order valence-electron chi connectivity index (χ4n) is 3.38.